The van der Waals surface area contributed by atoms with Gasteiger partial charge in [0.2, 0.25) is 10.0 Å². The smallest absolute Gasteiger partial charge is 0.271 e. The van der Waals surface area contributed by atoms with Crippen LogP contribution in [0.1, 0.15) is 24.0 Å². The average Bonchev–Trinajstić information content (AvgIpc) is 2.49. The van der Waals surface area contributed by atoms with Gasteiger partial charge in [-0.05, 0) is 50.9 Å². The van der Waals surface area contributed by atoms with Crippen LogP contribution in [0.2, 0.25) is 0 Å². The third kappa shape index (κ3) is 4.00. The van der Waals surface area contributed by atoms with Crippen molar-refractivity contribution in [3.05, 3.63) is 33.4 Å². The van der Waals surface area contributed by atoms with Crippen molar-refractivity contribution in [3.8, 4) is 0 Å². The number of benzene rings is 1. The summed E-state index contributed by atoms with van der Waals surface area (Å²) in [5, 5.41) is 14.2. The summed E-state index contributed by atoms with van der Waals surface area (Å²) in [5.74, 6) is 0. The van der Waals surface area contributed by atoms with Gasteiger partial charge in [-0.3, -0.25) is 10.1 Å². The number of hydrogen-bond donors (Lipinski definition) is 1. The SMILES string of the molecule is Cc1cc([N+](=O)[O-])cc(S(=O)(=O)N(C)C2CCNCC2)c1C.Cl. The summed E-state index contributed by atoms with van der Waals surface area (Å²) in [6.07, 6.45) is 1.48. The Morgan fingerprint density at radius 1 is 1.26 bits per heavy atom. The zero-order valence-corrected chi connectivity index (χ0v) is 15.0. The molecule has 1 aromatic rings. The van der Waals surface area contributed by atoms with Gasteiger partial charge in [-0.2, -0.15) is 4.31 Å². The molecule has 0 aromatic heterocycles. The molecule has 23 heavy (non-hydrogen) atoms. The minimum absolute atomic E-state index is 0. The molecule has 1 saturated heterocycles. The predicted molar refractivity (Wildman–Crippen MR) is 90.7 cm³/mol. The highest BCUT2D eigenvalue weighted by Crippen LogP contribution is 2.29. The summed E-state index contributed by atoms with van der Waals surface area (Å²) in [5.41, 5.74) is 0.971. The van der Waals surface area contributed by atoms with Gasteiger partial charge in [0.15, 0.2) is 0 Å². The van der Waals surface area contributed by atoms with Crippen LogP contribution in [0.25, 0.3) is 0 Å². The standard InChI is InChI=1S/C14H21N3O4S.ClH/c1-10-8-13(17(18)19)9-14(11(10)2)22(20,21)16(3)12-4-6-15-7-5-12;/h8-9,12,15H,4-7H2,1-3H3;1H. The molecule has 7 nitrogen and oxygen atoms in total. The van der Waals surface area contributed by atoms with E-state index in [9.17, 15) is 18.5 Å². The maximum atomic E-state index is 12.9. The molecule has 1 aliphatic rings. The molecule has 1 fully saturated rings. The molecule has 0 saturated carbocycles. The Kier molecular flexibility index (Phi) is 6.52. The van der Waals surface area contributed by atoms with Crippen LogP contribution in [0.3, 0.4) is 0 Å². The van der Waals surface area contributed by atoms with Gasteiger partial charge in [-0.15, -0.1) is 12.4 Å². The number of aryl methyl sites for hydroxylation is 1. The zero-order chi connectivity index (χ0) is 16.5. The topological polar surface area (TPSA) is 92.5 Å². The van der Waals surface area contributed by atoms with Crippen LogP contribution in [-0.4, -0.2) is 43.8 Å². The summed E-state index contributed by atoms with van der Waals surface area (Å²) in [6, 6.07) is 2.49. The molecule has 0 amide bonds. The number of nitrogens with one attached hydrogen (secondary N) is 1. The van der Waals surface area contributed by atoms with Crippen LogP contribution in [0.5, 0.6) is 0 Å². The van der Waals surface area contributed by atoms with E-state index in [1.807, 2.05) is 0 Å². The number of nitro groups is 1. The highest BCUT2D eigenvalue weighted by atomic mass is 35.5. The Hall–Kier alpha value is -1.22. The average molecular weight is 364 g/mol. The minimum Gasteiger partial charge on any atom is -0.317 e. The van der Waals surface area contributed by atoms with Gasteiger partial charge in [0.05, 0.1) is 9.82 Å². The first-order valence-electron chi connectivity index (χ1n) is 7.19. The lowest BCUT2D eigenvalue weighted by molar-refractivity contribution is -0.385. The lowest BCUT2D eigenvalue weighted by Gasteiger charge is -2.31. The number of nitrogens with zero attached hydrogens (tertiary/aromatic N) is 2. The first kappa shape index (κ1) is 19.8. The van der Waals surface area contributed by atoms with Crippen LogP contribution in [0.4, 0.5) is 5.69 Å². The Balaban J connectivity index is 0.00000264. The normalized spacial score (nSPS) is 16.2. The van der Waals surface area contributed by atoms with Gasteiger partial charge in [0.1, 0.15) is 0 Å². The lowest BCUT2D eigenvalue weighted by atomic mass is 10.1. The van der Waals surface area contributed by atoms with Crippen LogP contribution >= 0.6 is 12.4 Å². The molecule has 0 aliphatic carbocycles. The summed E-state index contributed by atoms with van der Waals surface area (Å²) >= 11 is 0. The molecule has 2 rings (SSSR count). The number of halogens is 1. The fourth-order valence-electron chi connectivity index (χ4n) is 2.70. The van der Waals surface area contributed by atoms with E-state index in [-0.39, 0.29) is 29.0 Å². The van der Waals surface area contributed by atoms with Crippen LogP contribution in [0.15, 0.2) is 17.0 Å². The second-order valence-corrected chi connectivity index (χ2v) is 7.61. The van der Waals surface area contributed by atoms with Crippen molar-refractivity contribution in [2.75, 3.05) is 20.1 Å². The number of sulfonamides is 1. The first-order valence-corrected chi connectivity index (χ1v) is 8.63. The van der Waals surface area contributed by atoms with Crippen LogP contribution in [-0.2, 0) is 10.0 Å². The number of hydrogen-bond acceptors (Lipinski definition) is 5. The van der Waals surface area contributed by atoms with E-state index in [0.29, 0.717) is 11.1 Å². The first-order chi connectivity index (χ1) is 10.2. The van der Waals surface area contributed by atoms with Crippen molar-refractivity contribution < 1.29 is 13.3 Å². The van der Waals surface area contributed by atoms with Gasteiger partial charge >= 0.3 is 0 Å². The number of piperidine rings is 1. The van der Waals surface area contributed by atoms with Crippen molar-refractivity contribution in [1.29, 1.82) is 0 Å². The molecule has 0 radical (unpaired) electrons. The monoisotopic (exact) mass is 363 g/mol. The van der Waals surface area contributed by atoms with E-state index < -0.39 is 14.9 Å². The molecule has 130 valence electrons. The van der Waals surface area contributed by atoms with Crippen molar-refractivity contribution in [2.24, 2.45) is 0 Å². The van der Waals surface area contributed by atoms with Gasteiger partial charge in [-0.25, -0.2) is 8.42 Å². The summed E-state index contributed by atoms with van der Waals surface area (Å²) in [7, 11) is -2.19. The lowest BCUT2D eigenvalue weighted by Crippen LogP contribution is -2.44. The molecule has 1 aromatic carbocycles. The van der Waals surface area contributed by atoms with Crippen LogP contribution < -0.4 is 5.32 Å². The van der Waals surface area contributed by atoms with Crippen LogP contribution in [0, 0.1) is 24.0 Å². The van der Waals surface area contributed by atoms with E-state index in [1.54, 1.807) is 20.9 Å². The van der Waals surface area contributed by atoms with E-state index in [4.69, 9.17) is 0 Å². The minimum atomic E-state index is -3.75. The largest absolute Gasteiger partial charge is 0.317 e. The molecule has 1 heterocycles. The molecule has 0 bridgehead atoms. The van der Waals surface area contributed by atoms with Gasteiger partial charge < -0.3 is 5.32 Å². The third-order valence-electron chi connectivity index (χ3n) is 4.30. The number of rotatable bonds is 4. The fourth-order valence-corrected chi connectivity index (χ4v) is 4.43. The third-order valence-corrected chi connectivity index (χ3v) is 6.33. The Labute approximate surface area is 142 Å². The summed E-state index contributed by atoms with van der Waals surface area (Å²) in [4.78, 5) is 10.5. The second kappa shape index (κ2) is 7.57. The van der Waals surface area contributed by atoms with Crippen molar-refractivity contribution in [1.82, 2.24) is 9.62 Å². The predicted octanol–water partition coefficient (Wildman–Crippen LogP) is 2.01. The molecular weight excluding hydrogens is 342 g/mol. The molecule has 0 spiro atoms. The van der Waals surface area contributed by atoms with E-state index in [2.05, 4.69) is 5.32 Å². The van der Waals surface area contributed by atoms with E-state index in [1.165, 1.54) is 10.4 Å². The van der Waals surface area contributed by atoms with E-state index >= 15 is 0 Å². The fraction of sp³-hybridized carbons (Fsp3) is 0.571. The summed E-state index contributed by atoms with van der Waals surface area (Å²) in [6.45, 7) is 4.92. The molecule has 1 N–H and O–H groups in total. The molecule has 1 aliphatic heterocycles. The quantitative estimate of drug-likeness (QED) is 0.652. The maximum Gasteiger partial charge on any atom is 0.271 e. The summed E-state index contributed by atoms with van der Waals surface area (Å²) < 4.78 is 27.1. The van der Waals surface area contributed by atoms with Crippen molar-refractivity contribution in [3.63, 3.8) is 0 Å². The Morgan fingerprint density at radius 2 is 1.83 bits per heavy atom. The molecule has 9 heteroatoms. The van der Waals surface area contributed by atoms with Gasteiger partial charge in [-0.1, -0.05) is 0 Å². The highest BCUT2D eigenvalue weighted by Gasteiger charge is 2.31. The van der Waals surface area contributed by atoms with Gasteiger partial charge in [0.25, 0.3) is 5.69 Å². The van der Waals surface area contributed by atoms with E-state index in [0.717, 1.165) is 32.0 Å². The zero-order valence-electron chi connectivity index (χ0n) is 13.4. The number of nitro benzene ring substituents is 1. The Bertz CT molecular complexity index is 688. The molecule has 0 atom stereocenters. The Morgan fingerprint density at radius 3 is 2.35 bits per heavy atom. The molecule has 0 unspecified atom stereocenters. The van der Waals surface area contributed by atoms with Crippen molar-refractivity contribution in [2.45, 2.75) is 37.6 Å². The highest BCUT2D eigenvalue weighted by molar-refractivity contribution is 7.89. The van der Waals surface area contributed by atoms with Gasteiger partial charge in [0, 0.05) is 25.2 Å². The number of non-ortho nitro benzene ring substituents is 1. The molecular formula is C14H22ClN3O4S. The second-order valence-electron chi connectivity index (χ2n) is 5.65. The van der Waals surface area contributed by atoms with Crippen molar-refractivity contribution >= 4 is 28.1 Å². The maximum absolute atomic E-state index is 12.9.